The van der Waals surface area contributed by atoms with Gasteiger partial charge in [0.05, 0.1) is 0 Å². The zero-order valence-electron chi connectivity index (χ0n) is 10.7. The number of ketones is 1. The Balaban J connectivity index is 2.05. The Bertz CT molecular complexity index is 308. The van der Waals surface area contributed by atoms with Crippen molar-refractivity contribution in [3.8, 4) is 0 Å². The summed E-state index contributed by atoms with van der Waals surface area (Å²) in [7, 11) is 0. The van der Waals surface area contributed by atoms with Crippen LogP contribution in [-0.2, 0) is 0 Å². The largest absolute Gasteiger partial charge is 0.316 e. The molecule has 94 valence electrons. The molecule has 1 aromatic carbocycles. The summed E-state index contributed by atoms with van der Waals surface area (Å²) < 4.78 is 0. The molecule has 0 heterocycles. The second-order valence-corrected chi connectivity index (χ2v) is 4.35. The SMILES string of the molecule is CCCCCCNCCC(=O)c1ccccc1. The molecule has 0 radical (unpaired) electrons. The number of Topliss-reactive ketones (excluding diaryl/α,β-unsaturated/α-hetero) is 1. The zero-order chi connectivity index (χ0) is 12.3. The molecule has 0 aromatic heterocycles. The lowest BCUT2D eigenvalue weighted by atomic mass is 10.1. The van der Waals surface area contributed by atoms with Gasteiger partial charge in [-0.3, -0.25) is 4.79 Å². The highest BCUT2D eigenvalue weighted by Gasteiger charge is 2.03. The lowest BCUT2D eigenvalue weighted by molar-refractivity contribution is 0.0982. The van der Waals surface area contributed by atoms with Gasteiger partial charge in [0.25, 0.3) is 0 Å². The topological polar surface area (TPSA) is 29.1 Å². The van der Waals surface area contributed by atoms with Crippen molar-refractivity contribution in [3.63, 3.8) is 0 Å². The van der Waals surface area contributed by atoms with Crippen LogP contribution in [0.1, 0.15) is 49.4 Å². The summed E-state index contributed by atoms with van der Waals surface area (Å²) in [4.78, 5) is 11.7. The van der Waals surface area contributed by atoms with Crippen LogP contribution < -0.4 is 5.32 Å². The second-order valence-electron chi connectivity index (χ2n) is 4.35. The molecule has 1 rings (SSSR count). The van der Waals surface area contributed by atoms with Crippen molar-refractivity contribution in [1.29, 1.82) is 0 Å². The van der Waals surface area contributed by atoms with Crippen molar-refractivity contribution in [3.05, 3.63) is 35.9 Å². The third-order valence-corrected chi connectivity index (χ3v) is 2.83. The highest BCUT2D eigenvalue weighted by Crippen LogP contribution is 2.02. The lowest BCUT2D eigenvalue weighted by Crippen LogP contribution is -2.19. The fraction of sp³-hybridized carbons (Fsp3) is 0.533. The summed E-state index contributed by atoms with van der Waals surface area (Å²) >= 11 is 0. The van der Waals surface area contributed by atoms with Crippen molar-refractivity contribution in [1.82, 2.24) is 5.32 Å². The van der Waals surface area contributed by atoms with Gasteiger partial charge < -0.3 is 5.32 Å². The Morgan fingerprint density at radius 3 is 2.53 bits per heavy atom. The lowest BCUT2D eigenvalue weighted by Gasteiger charge is -2.04. The summed E-state index contributed by atoms with van der Waals surface area (Å²) in [6, 6.07) is 9.51. The molecule has 0 unspecified atom stereocenters. The van der Waals surface area contributed by atoms with E-state index in [1.807, 2.05) is 30.3 Å². The van der Waals surface area contributed by atoms with Gasteiger partial charge in [-0.2, -0.15) is 0 Å². The monoisotopic (exact) mass is 233 g/mol. The molecule has 1 N–H and O–H groups in total. The third kappa shape index (κ3) is 6.22. The van der Waals surface area contributed by atoms with Crippen molar-refractivity contribution < 1.29 is 4.79 Å². The van der Waals surface area contributed by atoms with Crippen LogP contribution in [0.2, 0.25) is 0 Å². The van der Waals surface area contributed by atoms with E-state index in [0.717, 1.165) is 18.7 Å². The first kappa shape index (κ1) is 13.9. The van der Waals surface area contributed by atoms with E-state index in [1.54, 1.807) is 0 Å². The van der Waals surface area contributed by atoms with E-state index in [2.05, 4.69) is 12.2 Å². The number of hydrogen-bond donors (Lipinski definition) is 1. The van der Waals surface area contributed by atoms with Gasteiger partial charge in [0.1, 0.15) is 0 Å². The number of nitrogens with one attached hydrogen (secondary N) is 1. The first-order chi connectivity index (χ1) is 8.34. The Kier molecular flexibility index (Phi) is 7.32. The number of hydrogen-bond acceptors (Lipinski definition) is 2. The highest BCUT2D eigenvalue weighted by molar-refractivity contribution is 5.96. The second kappa shape index (κ2) is 8.94. The van der Waals surface area contributed by atoms with Gasteiger partial charge in [0.15, 0.2) is 5.78 Å². The van der Waals surface area contributed by atoms with Gasteiger partial charge in [-0.05, 0) is 13.0 Å². The fourth-order valence-corrected chi connectivity index (χ4v) is 1.77. The van der Waals surface area contributed by atoms with Crippen molar-refractivity contribution in [2.45, 2.75) is 39.0 Å². The summed E-state index contributed by atoms with van der Waals surface area (Å²) in [6.07, 6.45) is 5.68. The number of rotatable bonds is 9. The quantitative estimate of drug-likeness (QED) is 0.523. The molecule has 0 saturated carbocycles. The maximum atomic E-state index is 11.7. The Labute approximate surface area is 104 Å². The molecule has 2 heteroatoms. The van der Waals surface area contributed by atoms with Gasteiger partial charge >= 0.3 is 0 Å². The summed E-state index contributed by atoms with van der Waals surface area (Å²) in [5, 5.41) is 3.32. The van der Waals surface area contributed by atoms with Crippen LogP contribution in [0.25, 0.3) is 0 Å². The van der Waals surface area contributed by atoms with E-state index in [1.165, 1.54) is 25.7 Å². The Hall–Kier alpha value is -1.15. The summed E-state index contributed by atoms with van der Waals surface area (Å²) in [5.74, 6) is 0.228. The first-order valence-corrected chi connectivity index (χ1v) is 6.63. The van der Waals surface area contributed by atoms with Gasteiger partial charge in [-0.1, -0.05) is 56.5 Å². The molecule has 0 aliphatic heterocycles. The van der Waals surface area contributed by atoms with E-state index in [0.29, 0.717) is 6.42 Å². The van der Waals surface area contributed by atoms with Gasteiger partial charge in [0.2, 0.25) is 0 Å². The molecular weight excluding hydrogens is 210 g/mol. The Morgan fingerprint density at radius 2 is 1.82 bits per heavy atom. The normalized spacial score (nSPS) is 10.4. The maximum Gasteiger partial charge on any atom is 0.164 e. The molecule has 0 aliphatic rings. The molecule has 0 bridgehead atoms. The van der Waals surface area contributed by atoms with Crippen LogP contribution in [-0.4, -0.2) is 18.9 Å². The van der Waals surface area contributed by atoms with Crippen LogP contribution in [0.4, 0.5) is 0 Å². The summed E-state index contributed by atoms with van der Waals surface area (Å²) in [6.45, 7) is 4.04. The first-order valence-electron chi connectivity index (χ1n) is 6.63. The van der Waals surface area contributed by atoms with Crippen molar-refractivity contribution in [2.24, 2.45) is 0 Å². The maximum absolute atomic E-state index is 11.7. The fourth-order valence-electron chi connectivity index (χ4n) is 1.77. The predicted octanol–water partition coefficient (Wildman–Crippen LogP) is 3.43. The minimum atomic E-state index is 0.228. The van der Waals surface area contributed by atoms with E-state index in [4.69, 9.17) is 0 Å². The van der Waals surface area contributed by atoms with Crippen LogP contribution in [0.15, 0.2) is 30.3 Å². The molecule has 0 fully saturated rings. The minimum absolute atomic E-state index is 0.228. The van der Waals surface area contributed by atoms with Crippen LogP contribution in [0.3, 0.4) is 0 Å². The van der Waals surface area contributed by atoms with Crippen LogP contribution in [0.5, 0.6) is 0 Å². The zero-order valence-corrected chi connectivity index (χ0v) is 10.7. The molecule has 2 nitrogen and oxygen atoms in total. The average molecular weight is 233 g/mol. The minimum Gasteiger partial charge on any atom is -0.316 e. The molecular formula is C15H23NO. The third-order valence-electron chi connectivity index (χ3n) is 2.83. The predicted molar refractivity (Wildman–Crippen MR) is 72.4 cm³/mol. The molecule has 0 atom stereocenters. The van der Waals surface area contributed by atoms with Gasteiger partial charge in [0, 0.05) is 18.5 Å². The number of benzene rings is 1. The number of carbonyl (C=O) groups excluding carboxylic acids is 1. The smallest absolute Gasteiger partial charge is 0.164 e. The molecule has 0 amide bonds. The molecule has 0 aliphatic carbocycles. The molecule has 1 aromatic rings. The van der Waals surface area contributed by atoms with E-state index < -0.39 is 0 Å². The van der Waals surface area contributed by atoms with Crippen molar-refractivity contribution in [2.75, 3.05) is 13.1 Å². The Morgan fingerprint density at radius 1 is 1.06 bits per heavy atom. The highest BCUT2D eigenvalue weighted by atomic mass is 16.1. The van der Waals surface area contributed by atoms with Crippen molar-refractivity contribution >= 4 is 5.78 Å². The average Bonchev–Trinajstić information content (AvgIpc) is 2.38. The molecule has 0 saturated heterocycles. The van der Waals surface area contributed by atoms with Crippen LogP contribution in [0, 0.1) is 0 Å². The van der Waals surface area contributed by atoms with E-state index in [9.17, 15) is 4.79 Å². The number of unbranched alkanes of at least 4 members (excludes halogenated alkanes) is 3. The molecule has 17 heavy (non-hydrogen) atoms. The summed E-state index contributed by atoms with van der Waals surface area (Å²) in [5.41, 5.74) is 0.820. The standard InChI is InChI=1S/C15H23NO/c1-2-3-4-8-12-16-13-11-15(17)14-9-6-5-7-10-14/h5-7,9-10,16H,2-4,8,11-13H2,1H3. The van der Waals surface area contributed by atoms with E-state index in [-0.39, 0.29) is 5.78 Å². The van der Waals surface area contributed by atoms with Crippen LogP contribution >= 0.6 is 0 Å². The molecule has 0 spiro atoms. The van der Waals surface area contributed by atoms with E-state index >= 15 is 0 Å². The van der Waals surface area contributed by atoms with Gasteiger partial charge in [-0.25, -0.2) is 0 Å². The number of carbonyl (C=O) groups is 1. The van der Waals surface area contributed by atoms with Gasteiger partial charge in [-0.15, -0.1) is 0 Å².